The van der Waals surface area contributed by atoms with E-state index in [1.165, 1.54) is 12.8 Å². The standard InChI is InChI=1S/C21H20ClN5O/c22-16-6-4-8-18(14-16)24-21(28)23-17-7-3-5-15(13-17)19-9-10-20(26-25-19)27-11-1-2-12-27/h3-10,13-14H,1-2,11-12H2,(H2,23,24,28). The van der Waals surface area contributed by atoms with Crippen molar-refractivity contribution >= 4 is 34.8 Å². The molecule has 1 saturated heterocycles. The van der Waals surface area contributed by atoms with Gasteiger partial charge in [-0.15, -0.1) is 10.2 Å². The first kappa shape index (κ1) is 18.3. The van der Waals surface area contributed by atoms with Gasteiger partial charge in [-0.1, -0.05) is 29.8 Å². The molecule has 4 rings (SSSR count). The predicted octanol–water partition coefficient (Wildman–Crippen LogP) is 5.04. The summed E-state index contributed by atoms with van der Waals surface area (Å²) in [5.41, 5.74) is 2.95. The van der Waals surface area contributed by atoms with Gasteiger partial charge in [0.2, 0.25) is 0 Å². The quantitative estimate of drug-likeness (QED) is 0.651. The molecule has 2 aromatic carbocycles. The number of aromatic nitrogens is 2. The molecule has 2 amide bonds. The first-order chi connectivity index (χ1) is 13.7. The Morgan fingerprint density at radius 1 is 0.893 bits per heavy atom. The summed E-state index contributed by atoms with van der Waals surface area (Å²) in [4.78, 5) is 14.5. The van der Waals surface area contributed by atoms with Gasteiger partial charge in [0.05, 0.1) is 5.69 Å². The van der Waals surface area contributed by atoms with Crippen LogP contribution in [0.1, 0.15) is 12.8 Å². The second-order valence-electron chi connectivity index (χ2n) is 6.64. The summed E-state index contributed by atoms with van der Waals surface area (Å²) >= 11 is 5.94. The van der Waals surface area contributed by atoms with Gasteiger partial charge in [0.1, 0.15) is 0 Å². The number of carbonyl (C=O) groups excluding carboxylic acids is 1. The Bertz CT molecular complexity index is 971. The zero-order valence-corrected chi connectivity index (χ0v) is 16.0. The predicted molar refractivity (Wildman–Crippen MR) is 113 cm³/mol. The third kappa shape index (κ3) is 4.40. The summed E-state index contributed by atoms with van der Waals surface area (Å²) in [6.07, 6.45) is 2.41. The Morgan fingerprint density at radius 2 is 1.61 bits per heavy atom. The second-order valence-corrected chi connectivity index (χ2v) is 7.08. The third-order valence-electron chi connectivity index (χ3n) is 4.58. The number of carbonyl (C=O) groups is 1. The van der Waals surface area contributed by atoms with Crippen molar-refractivity contribution in [3.63, 3.8) is 0 Å². The van der Waals surface area contributed by atoms with Gasteiger partial charge < -0.3 is 15.5 Å². The highest BCUT2D eigenvalue weighted by molar-refractivity contribution is 6.30. The number of hydrogen-bond acceptors (Lipinski definition) is 4. The minimum atomic E-state index is -0.338. The largest absolute Gasteiger partial charge is 0.355 e. The lowest BCUT2D eigenvalue weighted by atomic mass is 10.1. The fourth-order valence-corrected chi connectivity index (χ4v) is 3.40. The highest BCUT2D eigenvalue weighted by Crippen LogP contribution is 2.23. The third-order valence-corrected chi connectivity index (χ3v) is 4.81. The van der Waals surface area contributed by atoms with E-state index in [4.69, 9.17) is 11.6 Å². The lowest BCUT2D eigenvalue weighted by Gasteiger charge is -2.15. The summed E-state index contributed by atoms with van der Waals surface area (Å²) in [6, 6.07) is 18.1. The van der Waals surface area contributed by atoms with Crippen LogP contribution < -0.4 is 15.5 Å². The normalized spacial score (nSPS) is 13.4. The van der Waals surface area contributed by atoms with Crippen molar-refractivity contribution in [2.24, 2.45) is 0 Å². The Labute approximate surface area is 168 Å². The maximum absolute atomic E-state index is 12.2. The molecule has 2 N–H and O–H groups in total. The number of nitrogens with zero attached hydrogens (tertiary/aromatic N) is 3. The molecule has 1 aliphatic heterocycles. The van der Waals surface area contributed by atoms with Gasteiger partial charge in [-0.05, 0) is 55.3 Å². The van der Waals surface area contributed by atoms with E-state index in [1.54, 1.807) is 24.3 Å². The summed E-state index contributed by atoms with van der Waals surface area (Å²) in [7, 11) is 0. The van der Waals surface area contributed by atoms with Crippen molar-refractivity contribution in [3.8, 4) is 11.3 Å². The molecule has 142 valence electrons. The van der Waals surface area contributed by atoms with E-state index in [0.29, 0.717) is 16.4 Å². The van der Waals surface area contributed by atoms with Crippen LogP contribution in [0.15, 0.2) is 60.7 Å². The summed E-state index contributed by atoms with van der Waals surface area (Å²) in [5, 5.41) is 14.9. The molecule has 1 fully saturated rings. The van der Waals surface area contributed by atoms with Crippen molar-refractivity contribution in [2.75, 3.05) is 28.6 Å². The lowest BCUT2D eigenvalue weighted by Crippen LogP contribution is -2.19. The van der Waals surface area contributed by atoms with Crippen LogP contribution in [0.25, 0.3) is 11.3 Å². The van der Waals surface area contributed by atoms with Crippen LogP contribution in [0.2, 0.25) is 5.02 Å². The topological polar surface area (TPSA) is 70.2 Å². The molecule has 3 aromatic rings. The number of rotatable bonds is 4. The molecule has 0 spiro atoms. The number of halogens is 1. The van der Waals surface area contributed by atoms with Crippen LogP contribution in [-0.4, -0.2) is 29.3 Å². The average Bonchev–Trinajstić information content (AvgIpc) is 3.23. The first-order valence-electron chi connectivity index (χ1n) is 9.20. The molecule has 0 atom stereocenters. The average molecular weight is 394 g/mol. The molecular weight excluding hydrogens is 374 g/mol. The van der Waals surface area contributed by atoms with Crippen LogP contribution >= 0.6 is 11.6 Å². The van der Waals surface area contributed by atoms with Gasteiger partial charge in [0.15, 0.2) is 5.82 Å². The molecule has 1 aromatic heterocycles. The van der Waals surface area contributed by atoms with E-state index in [1.807, 2.05) is 36.4 Å². The van der Waals surface area contributed by atoms with Crippen LogP contribution in [0, 0.1) is 0 Å². The SMILES string of the molecule is O=C(Nc1cccc(Cl)c1)Nc1cccc(-c2ccc(N3CCCC3)nn2)c1. The molecule has 0 saturated carbocycles. The van der Waals surface area contributed by atoms with Crippen LogP contribution in [0.4, 0.5) is 22.0 Å². The molecule has 7 heteroatoms. The van der Waals surface area contributed by atoms with Crippen molar-refractivity contribution in [1.82, 2.24) is 10.2 Å². The minimum Gasteiger partial charge on any atom is -0.355 e. The second kappa shape index (κ2) is 8.27. The van der Waals surface area contributed by atoms with Crippen LogP contribution in [0.5, 0.6) is 0 Å². The van der Waals surface area contributed by atoms with E-state index in [0.717, 1.165) is 30.2 Å². The van der Waals surface area contributed by atoms with E-state index < -0.39 is 0 Å². The lowest BCUT2D eigenvalue weighted by molar-refractivity contribution is 0.262. The van der Waals surface area contributed by atoms with E-state index in [2.05, 4.69) is 25.7 Å². The molecule has 6 nitrogen and oxygen atoms in total. The monoisotopic (exact) mass is 393 g/mol. The number of anilines is 3. The fourth-order valence-electron chi connectivity index (χ4n) is 3.21. The molecule has 1 aliphatic rings. The van der Waals surface area contributed by atoms with Crippen molar-refractivity contribution < 1.29 is 4.79 Å². The van der Waals surface area contributed by atoms with Gasteiger partial charge in [-0.2, -0.15) is 0 Å². The Balaban J connectivity index is 1.44. The first-order valence-corrected chi connectivity index (χ1v) is 9.58. The molecule has 2 heterocycles. The van der Waals surface area contributed by atoms with Gasteiger partial charge in [-0.3, -0.25) is 0 Å². The molecular formula is C21H20ClN5O. The Morgan fingerprint density at radius 3 is 2.29 bits per heavy atom. The zero-order chi connectivity index (χ0) is 19.3. The molecule has 0 unspecified atom stereocenters. The van der Waals surface area contributed by atoms with E-state index in [-0.39, 0.29) is 6.03 Å². The van der Waals surface area contributed by atoms with Crippen LogP contribution in [0.3, 0.4) is 0 Å². The number of nitrogens with one attached hydrogen (secondary N) is 2. The van der Waals surface area contributed by atoms with Crippen LogP contribution in [-0.2, 0) is 0 Å². The van der Waals surface area contributed by atoms with Gasteiger partial charge in [0, 0.05) is 35.1 Å². The van der Waals surface area contributed by atoms with E-state index >= 15 is 0 Å². The smallest absolute Gasteiger partial charge is 0.323 e. The Kier molecular flexibility index (Phi) is 5.39. The zero-order valence-electron chi connectivity index (χ0n) is 15.2. The number of amides is 2. The fraction of sp³-hybridized carbons (Fsp3) is 0.190. The maximum atomic E-state index is 12.2. The molecule has 0 aliphatic carbocycles. The van der Waals surface area contributed by atoms with Crippen molar-refractivity contribution in [3.05, 3.63) is 65.7 Å². The Hall–Kier alpha value is -3.12. The molecule has 0 bridgehead atoms. The highest BCUT2D eigenvalue weighted by atomic mass is 35.5. The summed E-state index contributed by atoms with van der Waals surface area (Å²) in [6.45, 7) is 2.07. The number of urea groups is 1. The molecule has 28 heavy (non-hydrogen) atoms. The van der Waals surface area contributed by atoms with Gasteiger partial charge in [-0.25, -0.2) is 4.79 Å². The van der Waals surface area contributed by atoms with Crippen molar-refractivity contribution in [1.29, 1.82) is 0 Å². The van der Waals surface area contributed by atoms with Gasteiger partial charge >= 0.3 is 6.03 Å². The summed E-state index contributed by atoms with van der Waals surface area (Å²) < 4.78 is 0. The molecule has 0 radical (unpaired) electrons. The van der Waals surface area contributed by atoms with E-state index in [9.17, 15) is 4.79 Å². The number of hydrogen-bond donors (Lipinski definition) is 2. The summed E-state index contributed by atoms with van der Waals surface area (Å²) in [5.74, 6) is 0.913. The van der Waals surface area contributed by atoms with Gasteiger partial charge in [0.25, 0.3) is 0 Å². The van der Waals surface area contributed by atoms with Crippen molar-refractivity contribution in [2.45, 2.75) is 12.8 Å². The highest BCUT2D eigenvalue weighted by Gasteiger charge is 2.14. The maximum Gasteiger partial charge on any atom is 0.323 e. The number of benzene rings is 2. The minimum absolute atomic E-state index is 0.338.